The van der Waals surface area contributed by atoms with Gasteiger partial charge in [0.2, 0.25) is 5.69 Å². The molecule has 1 saturated heterocycles. The molecule has 1 aromatic rings. The second-order valence-electron chi connectivity index (χ2n) is 6.55. The lowest BCUT2D eigenvalue weighted by molar-refractivity contribution is 0.00164. The molecule has 2 aliphatic heterocycles. The number of amides is 2. The number of hydrogen-bond donors (Lipinski definition) is 0. The van der Waals surface area contributed by atoms with Crippen LogP contribution in [0.1, 0.15) is 33.1 Å². The van der Waals surface area contributed by atoms with E-state index in [1.165, 1.54) is 17.3 Å². The van der Waals surface area contributed by atoms with E-state index in [9.17, 15) is 13.6 Å². The van der Waals surface area contributed by atoms with E-state index in [-0.39, 0.29) is 30.4 Å². The summed E-state index contributed by atoms with van der Waals surface area (Å²) in [6.07, 6.45) is 4.04. The summed E-state index contributed by atoms with van der Waals surface area (Å²) in [5.74, 6) is -1.46. The lowest BCUT2D eigenvalue weighted by Crippen LogP contribution is -2.56. The van der Waals surface area contributed by atoms with Crippen molar-refractivity contribution >= 4 is 18.1 Å². The Labute approximate surface area is 140 Å². The first kappa shape index (κ1) is 17.0. The standard InChI is InChI=1S/C17H22F2N3O2/c1-12(2)21-11-20-22(17(21)23,10-14-5-3-4-8-24-14)16-7-6-13(18)9-15(16)19/h6-7,9,11-12,14H,3-5,8,10H2,1-2H3/q+1. The molecule has 2 atom stereocenters. The molecule has 0 N–H and O–H groups in total. The second kappa shape index (κ2) is 6.57. The normalized spacial score (nSPS) is 27.3. The van der Waals surface area contributed by atoms with Gasteiger partial charge >= 0.3 is 6.03 Å². The van der Waals surface area contributed by atoms with Crippen LogP contribution in [0.25, 0.3) is 0 Å². The van der Waals surface area contributed by atoms with Gasteiger partial charge < -0.3 is 4.74 Å². The van der Waals surface area contributed by atoms with E-state index in [0.29, 0.717) is 6.61 Å². The van der Waals surface area contributed by atoms with Gasteiger partial charge in [0, 0.05) is 24.8 Å². The summed E-state index contributed by atoms with van der Waals surface area (Å²) in [5, 5.41) is 4.35. The molecule has 0 aliphatic carbocycles. The van der Waals surface area contributed by atoms with Gasteiger partial charge in [-0.1, -0.05) is 9.69 Å². The third-order valence-electron chi connectivity index (χ3n) is 4.52. The van der Waals surface area contributed by atoms with E-state index in [1.54, 1.807) is 0 Å². The van der Waals surface area contributed by atoms with Gasteiger partial charge in [-0.15, -0.1) is 0 Å². The van der Waals surface area contributed by atoms with E-state index in [1.807, 2.05) is 13.8 Å². The zero-order valence-corrected chi connectivity index (χ0v) is 13.9. The zero-order valence-electron chi connectivity index (χ0n) is 13.9. The van der Waals surface area contributed by atoms with Crippen LogP contribution >= 0.6 is 0 Å². The Bertz CT molecular complexity index is 659. The molecule has 2 aliphatic rings. The van der Waals surface area contributed by atoms with E-state index in [4.69, 9.17) is 4.74 Å². The molecule has 2 heterocycles. The van der Waals surface area contributed by atoms with Crippen LogP contribution in [0, 0.1) is 11.6 Å². The number of halogens is 2. The average molecular weight is 338 g/mol. The molecule has 1 aromatic carbocycles. The zero-order chi connectivity index (χ0) is 17.3. The minimum absolute atomic E-state index is 0.0509. The van der Waals surface area contributed by atoms with Crippen LogP contribution in [0.2, 0.25) is 0 Å². The molecule has 3 rings (SSSR count). The van der Waals surface area contributed by atoms with Crippen LogP contribution in [-0.2, 0) is 4.74 Å². The van der Waals surface area contributed by atoms with Gasteiger partial charge in [0.15, 0.2) is 12.2 Å². The fourth-order valence-electron chi connectivity index (χ4n) is 3.20. The number of carbonyl (C=O) groups is 1. The lowest BCUT2D eigenvalue weighted by Gasteiger charge is -2.32. The Morgan fingerprint density at radius 2 is 2.17 bits per heavy atom. The van der Waals surface area contributed by atoms with Gasteiger partial charge in [0.25, 0.3) is 0 Å². The van der Waals surface area contributed by atoms with Crippen molar-refractivity contribution in [2.45, 2.75) is 45.3 Å². The van der Waals surface area contributed by atoms with Gasteiger partial charge in [-0.3, -0.25) is 0 Å². The highest BCUT2D eigenvalue weighted by atomic mass is 19.1. The first-order valence-electron chi connectivity index (χ1n) is 8.28. The van der Waals surface area contributed by atoms with Crippen LogP contribution in [0.4, 0.5) is 19.3 Å². The quantitative estimate of drug-likeness (QED) is 0.787. The molecule has 0 spiro atoms. The van der Waals surface area contributed by atoms with Crippen molar-refractivity contribution in [3.63, 3.8) is 0 Å². The van der Waals surface area contributed by atoms with Crippen LogP contribution in [-0.4, -0.2) is 42.6 Å². The number of hydrogen-bond acceptors (Lipinski definition) is 3. The van der Waals surface area contributed by atoms with Crippen molar-refractivity contribution in [3.8, 4) is 0 Å². The van der Waals surface area contributed by atoms with Crippen LogP contribution in [0.15, 0.2) is 23.3 Å². The predicted octanol–water partition coefficient (Wildman–Crippen LogP) is 3.63. The number of benzene rings is 1. The smallest absolute Gasteiger partial charge is 0.372 e. The van der Waals surface area contributed by atoms with Gasteiger partial charge in [0.05, 0.1) is 0 Å². The molecule has 7 heteroatoms. The Hall–Kier alpha value is -1.86. The first-order valence-corrected chi connectivity index (χ1v) is 8.28. The molecule has 5 nitrogen and oxygen atoms in total. The monoisotopic (exact) mass is 338 g/mol. The number of carbonyl (C=O) groups excluding carboxylic acids is 1. The summed E-state index contributed by atoms with van der Waals surface area (Å²) in [5.41, 5.74) is 0.0509. The molecule has 0 radical (unpaired) electrons. The van der Waals surface area contributed by atoms with Crippen LogP contribution in [0.3, 0.4) is 0 Å². The minimum atomic E-state index is -0.776. The van der Waals surface area contributed by atoms with E-state index in [0.717, 1.165) is 31.4 Å². The maximum atomic E-state index is 14.5. The maximum absolute atomic E-state index is 14.5. The summed E-state index contributed by atoms with van der Waals surface area (Å²) in [6, 6.07) is 2.80. The van der Waals surface area contributed by atoms with Crippen molar-refractivity contribution in [2.24, 2.45) is 5.10 Å². The molecule has 2 unspecified atom stereocenters. The van der Waals surface area contributed by atoms with Crippen molar-refractivity contribution in [1.29, 1.82) is 0 Å². The van der Waals surface area contributed by atoms with E-state index >= 15 is 0 Å². The molecule has 0 saturated carbocycles. The Morgan fingerprint density at radius 3 is 2.75 bits per heavy atom. The first-order chi connectivity index (χ1) is 11.4. The summed E-state index contributed by atoms with van der Waals surface area (Å²) in [7, 11) is 0. The molecule has 130 valence electrons. The van der Waals surface area contributed by atoms with Crippen molar-refractivity contribution < 1.29 is 18.3 Å². The summed E-state index contributed by atoms with van der Waals surface area (Å²) < 4.78 is 33.0. The predicted molar refractivity (Wildman–Crippen MR) is 87.5 cm³/mol. The lowest BCUT2D eigenvalue weighted by atomic mass is 10.1. The highest BCUT2D eigenvalue weighted by Gasteiger charge is 2.52. The molecule has 1 fully saturated rings. The molecule has 2 amide bonds. The van der Waals surface area contributed by atoms with E-state index in [2.05, 4.69) is 5.10 Å². The molecular weight excluding hydrogens is 316 g/mol. The van der Waals surface area contributed by atoms with Gasteiger partial charge in [-0.2, -0.15) is 0 Å². The summed E-state index contributed by atoms with van der Waals surface area (Å²) >= 11 is 0. The van der Waals surface area contributed by atoms with Gasteiger partial charge in [0.1, 0.15) is 18.5 Å². The number of rotatable bonds is 4. The fraction of sp³-hybridized carbons (Fsp3) is 0.529. The fourth-order valence-corrected chi connectivity index (χ4v) is 3.20. The SMILES string of the molecule is CC(C)N1C=N[N+](CC2CCCCO2)(c2ccc(F)cc2F)C1=O. The molecule has 24 heavy (non-hydrogen) atoms. The molecule has 0 aromatic heterocycles. The largest absolute Gasteiger partial charge is 0.456 e. The Morgan fingerprint density at radius 1 is 1.38 bits per heavy atom. The minimum Gasteiger partial charge on any atom is -0.372 e. The maximum Gasteiger partial charge on any atom is 0.456 e. The second-order valence-corrected chi connectivity index (χ2v) is 6.55. The van der Waals surface area contributed by atoms with Crippen molar-refractivity contribution in [1.82, 2.24) is 9.49 Å². The highest BCUT2D eigenvalue weighted by molar-refractivity contribution is 5.99. The number of ether oxygens (including phenoxy) is 1. The average Bonchev–Trinajstić information content (AvgIpc) is 2.86. The third kappa shape index (κ3) is 2.93. The molecule has 0 bridgehead atoms. The molecular formula is C17H22F2N3O2+. The van der Waals surface area contributed by atoms with Crippen molar-refractivity contribution in [3.05, 3.63) is 29.8 Å². The van der Waals surface area contributed by atoms with Crippen LogP contribution < -0.4 is 4.59 Å². The van der Waals surface area contributed by atoms with Crippen molar-refractivity contribution in [2.75, 3.05) is 13.2 Å². The van der Waals surface area contributed by atoms with Gasteiger partial charge in [-0.25, -0.2) is 18.5 Å². The topological polar surface area (TPSA) is 41.9 Å². The third-order valence-corrected chi connectivity index (χ3v) is 4.52. The Kier molecular flexibility index (Phi) is 4.64. The number of urea groups is 1. The van der Waals surface area contributed by atoms with Crippen LogP contribution in [0.5, 0.6) is 0 Å². The van der Waals surface area contributed by atoms with E-state index < -0.39 is 16.2 Å². The summed E-state index contributed by atoms with van der Waals surface area (Å²) in [6.45, 7) is 4.56. The summed E-state index contributed by atoms with van der Waals surface area (Å²) in [4.78, 5) is 14.5. The highest BCUT2D eigenvalue weighted by Crippen LogP contribution is 2.34. The number of nitrogens with zero attached hydrogens (tertiary/aromatic N) is 3. The van der Waals surface area contributed by atoms with Gasteiger partial charge in [-0.05, 0) is 39.2 Å². The number of quaternary nitrogens is 1. The Balaban J connectivity index is 2.01.